The maximum absolute atomic E-state index is 12.2. The van der Waals surface area contributed by atoms with E-state index < -0.39 is 4.92 Å². The van der Waals surface area contributed by atoms with Gasteiger partial charge in [-0.3, -0.25) is 10.1 Å². The largest absolute Gasteiger partial charge is 0.485 e. The lowest BCUT2D eigenvalue weighted by atomic mass is 10.1. The molecule has 212 valence electrons. The molecule has 0 N–H and O–H groups in total. The number of pyridine rings is 1. The number of aromatic nitrogens is 3. The smallest absolute Gasteiger partial charge is 0.324 e. The second kappa shape index (κ2) is 12.4. The van der Waals surface area contributed by atoms with E-state index in [4.69, 9.17) is 14.0 Å². The van der Waals surface area contributed by atoms with Gasteiger partial charge in [0.1, 0.15) is 19.0 Å². The van der Waals surface area contributed by atoms with Crippen LogP contribution in [0, 0.1) is 10.1 Å². The summed E-state index contributed by atoms with van der Waals surface area (Å²) >= 11 is 0. The molecule has 0 aliphatic carbocycles. The third-order valence-electron chi connectivity index (χ3n) is 6.89. The van der Waals surface area contributed by atoms with Crippen molar-refractivity contribution in [2.45, 2.75) is 13.2 Å². The molecule has 11 heteroatoms. The van der Waals surface area contributed by atoms with Crippen molar-refractivity contribution < 1.29 is 18.9 Å². The van der Waals surface area contributed by atoms with Crippen LogP contribution in [0.15, 0.2) is 102 Å². The number of piperazine rings is 1. The van der Waals surface area contributed by atoms with Gasteiger partial charge in [0, 0.05) is 44.0 Å². The highest BCUT2D eigenvalue weighted by molar-refractivity contribution is 5.69. The molecule has 0 bridgehead atoms. The van der Waals surface area contributed by atoms with Gasteiger partial charge in [-0.25, -0.2) is 4.98 Å². The van der Waals surface area contributed by atoms with Crippen molar-refractivity contribution in [1.29, 1.82) is 0 Å². The number of nitro benzene ring substituents is 1. The number of ether oxygens (including phenoxy) is 2. The summed E-state index contributed by atoms with van der Waals surface area (Å²) in [6, 6.07) is 28.2. The van der Waals surface area contributed by atoms with Gasteiger partial charge in [-0.05, 0) is 29.3 Å². The molecule has 0 amide bonds. The Morgan fingerprint density at radius 3 is 2.10 bits per heavy atom. The molecule has 3 aromatic carbocycles. The molecule has 11 nitrogen and oxygen atoms in total. The molecule has 6 rings (SSSR count). The molecular formula is C31H28N6O5. The van der Waals surface area contributed by atoms with E-state index >= 15 is 0 Å². The van der Waals surface area contributed by atoms with Crippen molar-refractivity contribution >= 4 is 17.5 Å². The molecule has 1 aliphatic rings. The first-order valence-corrected chi connectivity index (χ1v) is 13.5. The van der Waals surface area contributed by atoms with Crippen LogP contribution in [0.3, 0.4) is 0 Å². The van der Waals surface area contributed by atoms with Crippen LogP contribution in [0.25, 0.3) is 11.4 Å². The lowest BCUT2D eigenvalue weighted by Crippen LogP contribution is -2.47. The van der Waals surface area contributed by atoms with Crippen molar-refractivity contribution in [1.82, 2.24) is 15.1 Å². The second-order valence-electron chi connectivity index (χ2n) is 9.69. The molecular weight excluding hydrogens is 536 g/mol. The highest BCUT2D eigenvalue weighted by atomic mass is 16.6. The van der Waals surface area contributed by atoms with Gasteiger partial charge in [0.2, 0.25) is 11.6 Å². The SMILES string of the molecule is O=[N+]([O-])c1cc(-c2noc(N3CCN(c4ccccn4)CC3)n2)cc(OCc2ccccc2)c1OCc1ccccc1. The maximum atomic E-state index is 12.2. The molecule has 1 saturated heterocycles. The van der Waals surface area contributed by atoms with Gasteiger partial charge in [0.25, 0.3) is 0 Å². The predicted molar refractivity (Wildman–Crippen MR) is 157 cm³/mol. The Bertz CT molecular complexity index is 1620. The summed E-state index contributed by atoms with van der Waals surface area (Å²) in [6.07, 6.45) is 1.78. The van der Waals surface area contributed by atoms with Gasteiger partial charge in [0.05, 0.1) is 4.92 Å². The lowest BCUT2D eigenvalue weighted by Gasteiger charge is -2.34. The Hall–Kier alpha value is -5.45. The van der Waals surface area contributed by atoms with E-state index in [2.05, 4.69) is 20.0 Å². The van der Waals surface area contributed by atoms with Crippen LogP contribution in [0.2, 0.25) is 0 Å². The average molecular weight is 565 g/mol. The molecule has 42 heavy (non-hydrogen) atoms. The summed E-state index contributed by atoms with van der Waals surface area (Å²) in [5, 5.41) is 16.4. The minimum Gasteiger partial charge on any atom is -0.485 e. The van der Waals surface area contributed by atoms with E-state index in [1.807, 2.05) is 83.8 Å². The molecule has 0 unspecified atom stereocenters. The molecule has 0 spiro atoms. The van der Waals surface area contributed by atoms with E-state index in [1.165, 1.54) is 6.07 Å². The van der Waals surface area contributed by atoms with Crippen molar-refractivity contribution in [3.8, 4) is 22.9 Å². The van der Waals surface area contributed by atoms with Crippen LogP contribution < -0.4 is 19.3 Å². The minimum atomic E-state index is -0.489. The monoisotopic (exact) mass is 564 g/mol. The Morgan fingerprint density at radius 1 is 0.810 bits per heavy atom. The van der Waals surface area contributed by atoms with E-state index in [9.17, 15) is 10.1 Å². The van der Waals surface area contributed by atoms with E-state index in [0.29, 0.717) is 24.7 Å². The summed E-state index contributed by atoms with van der Waals surface area (Å²) < 4.78 is 17.7. The Morgan fingerprint density at radius 2 is 1.45 bits per heavy atom. The van der Waals surface area contributed by atoms with Gasteiger partial charge < -0.3 is 23.8 Å². The summed E-state index contributed by atoms with van der Waals surface area (Å²) in [5.74, 6) is 1.40. The van der Waals surface area contributed by atoms with Crippen LogP contribution in [-0.2, 0) is 13.2 Å². The topological polar surface area (TPSA) is 120 Å². The molecule has 1 fully saturated rings. The molecule has 1 aliphatic heterocycles. The van der Waals surface area contributed by atoms with Crippen molar-refractivity contribution in [3.63, 3.8) is 0 Å². The highest BCUT2D eigenvalue weighted by Crippen LogP contribution is 2.42. The first-order valence-electron chi connectivity index (χ1n) is 13.5. The van der Waals surface area contributed by atoms with Gasteiger partial charge in [-0.2, -0.15) is 4.98 Å². The fourth-order valence-corrected chi connectivity index (χ4v) is 4.70. The van der Waals surface area contributed by atoms with Gasteiger partial charge in [-0.1, -0.05) is 71.9 Å². The zero-order valence-corrected chi connectivity index (χ0v) is 22.7. The molecule has 0 radical (unpaired) electrons. The summed E-state index contributed by atoms with van der Waals surface area (Å²) in [4.78, 5) is 24.9. The van der Waals surface area contributed by atoms with Crippen LogP contribution in [0.5, 0.6) is 11.5 Å². The third kappa shape index (κ3) is 6.15. The standard InChI is InChI=1S/C31H28N6O5/c38-37(39)26-19-25(30-33-31(42-34-30)36-17-15-35(16-18-36)28-13-7-8-14-32-28)20-27(40-21-23-9-3-1-4-10-23)29(26)41-22-24-11-5-2-6-12-24/h1-14,19-20H,15-18,21-22H2. The van der Waals surface area contributed by atoms with E-state index in [0.717, 1.165) is 30.0 Å². The van der Waals surface area contributed by atoms with Crippen molar-refractivity contribution in [2.24, 2.45) is 0 Å². The third-order valence-corrected chi connectivity index (χ3v) is 6.89. The van der Waals surface area contributed by atoms with E-state index in [1.54, 1.807) is 12.3 Å². The number of hydrogen-bond donors (Lipinski definition) is 0. The fraction of sp³-hybridized carbons (Fsp3) is 0.194. The Kier molecular flexibility index (Phi) is 7.89. The van der Waals surface area contributed by atoms with E-state index in [-0.39, 0.29) is 36.2 Å². The maximum Gasteiger partial charge on any atom is 0.324 e. The van der Waals surface area contributed by atoms with Crippen LogP contribution in [0.4, 0.5) is 17.5 Å². The zero-order chi connectivity index (χ0) is 28.7. The average Bonchev–Trinajstić information content (AvgIpc) is 3.55. The molecule has 0 saturated carbocycles. The highest BCUT2D eigenvalue weighted by Gasteiger charge is 2.27. The normalized spacial score (nSPS) is 13.1. The number of nitro groups is 1. The van der Waals surface area contributed by atoms with Crippen LogP contribution in [0.1, 0.15) is 11.1 Å². The quantitative estimate of drug-likeness (QED) is 0.158. The van der Waals surface area contributed by atoms with Gasteiger partial charge in [0.15, 0.2) is 5.75 Å². The van der Waals surface area contributed by atoms with Crippen molar-refractivity contribution in [2.75, 3.05) is 36.0 Å². The number of nitrogens with zero attached hydrogens (tertiary/aromatic N) is 6. The lowest BCUT2D eigenvalue weighted by molar-refractivity contribution is -0.386. The number of anilines is 2. The molecule has 3 heterocycles. The van der Waals surface area contributed by atoms with Gasteiger partial charge in [-0.15, -0.1) is 0 Å². The number of rotatable bonds is 10. The summed E-state index contributed by atoms with van der Waals surface area (Å²) in [5.41, 5.74) is 1.92. The Balaban J connectivity index is 1.26. The van der Waals surface area contributed by atoms with Crippen molar-refractivity contribution in [3.05, 3.63) is 118 Å². The predicted octanol–water partition coefficient (Wildman–Crippen LogP) is 5.52. The fourth-order valence-electron chi connectivity index (χ4n) is 4.70. The molecule has 2 aromatic heterocycles. The summed E-state index contributed by atoms with van der Waals surface area (Å²) in [7, 11) is 0. The Labute approximate surface area is 242 Å². The van der Waals surface area contributed by atoms with Gasteiger partial charge >= 0.3 is 11.7 Å². The first-order chi connectivity index (χ1) is 20.6. The summed E-state index contributed by atoms with van der Waals surface area (Å²) in [6.45, 7) is 3.14. The molecule has 0 atom stereocenters. The zero-order valence-electron chi connectivity index (χ0n) is 22.7. The van der Waals surface area contributed by atoms with Crippen LogP contribution >= 0.6 is 0 Å². The first kappa shape index (κ1) is 26.8. The molecule has 5 aromatic rings. The second-order valence-corrected chi connectivity index (χ2v) is 9.69. The number of benzene rings is 3. The van der Waals surface area contributed by atoms with Crippen LogP contribution in [-0.4, -0.2) is 46.2 Å². The number of hydrogen-bond acceptors (Lipinski definition) is 10. The minimum absolute atomic E-state index is 0.0397.